The Morgan fingerprint density at radius 3 is 2.59 bits per heavy atom. The van der Waals surface area contributed by atoms with Gasteiger partial charge in [0.1, 0.15) is 0 Å². The molecule has 0 spiro atoms. The second-order valence-electron chi connectivity index (χ2n) is 6.10. The second-order valence-corrected chi connectivity index (χ2v) is 6.53. The van der Waals surface area contributed by atoms with Crippen molar-refractivity contribution in [1.82, 2.24) is 5.32 Å². The van der Waals surface area contributed by atoms with Crippen LogP contribution in [0.3, 0.4) is 0 Å². The Labute approximate surface area is 136 Å². The van der Waals surface area contributed by atoms with Crippen LogP contribution in [0.1, 0.15) is 32.3 Å². The minimum absolute atomic E-state index is 0.0927. The standard InChI is InChI=1S/C16H23ClN2O3/c1-11-5-6-12(17)9-13(11)19-15(22)14(21)18-8-4-7-16(2,3)10-20/h5-6,9,20H,4,7-8,10H2,1-3H3,(H,18,21)(H,19,22). The van der Waals surface area contributed by atoms with Crippen LogP contribution >= 0.6 is 11.6 Å². The molecule has 122 valence electrons. The summed E-state index contributed by atoms with van der Waals surface area (Å²) in [4.78, 5) is 23.5. The zero-order chi connectivity index (χ0) is 16.8. The van der Waals surface area contributed by atoms with Gasteiger partial charge in [-0.3, -0.25) is 9.59 Å². The molecule has 0 saturated carbocycles. The van der Waals surface area contributed by atoms with Crippen LogP contribution in [0.2, 0.25) is 5.02 Å². The van der Waals surface area contributed by atoms with Crippen LogP contribution in [0.4, 0.5) is 5.69 Å². The highest BCUT2D eigenvalue weighted by molar-refractivity contribution is 6.40. The van der Waals surface area contributed by atoms with Gasteiger partial charge in [0.2, 0.25) is 0 Å². The number of rotatable bonds is 6. The summed E-state index contributed by atoms with van der Waals surface area (Å²) in [6.45, 7) is 6.20. The number of aliphatic hydroxyl groups excluding tert-OH is 1. The highest BCUT2D eigenvalue weighted by Gasteiger charge is 2.17. The number of nitrogens with one attached hydrogen (secondary N) is 2. The highest BCUT2D eigenvalue weighted by atomic mass is 35.5. The molecule has 1 rings (SSSR count). The number of hydrogen-bond donors (Lipinski definition) is 3. The van der Waals surface area contributed by atoms with Gasteiger partial charge in [-0.25, -0.2) is 0 Å². The average molecular weight is 327 g/mol. The topological polar surface area (TPSA) is 78.4 Å². The van der Waals surface area contributed by atoms with E-state index in [0.29, 0.717) is 23.7 Å². The van der Waals surface area contributed by atoms with Gasteiger partial charge in [-0.2, -0.15) is 0 Å². The first-order valence-electron chi connectivity index (χ1n) is 7.21. The van der Waals surface area contributed by atoms with Gasteiger partial charge in [0.05, 0.1) is 0 Å². The van der Waals surface area contributed by atoms with E-state index in [1.165, 1.54) is 0 Å². The third kappa shape index (κ3) is 6.03. The van der Waals surface area contributed by atoms with Crippen LogP contribution in [0, 0.1) is 12.3 Å². The predicted octanol–water partition coefficient (Wildman–Crippen LogP) is 2.50. The molecule has 2 amide bonds. The summed E-state index contributed by atoms with van der Waals surface area (Å²) in [5.41, 5.74) is 1.18. The van der Waals surface area contributed by atoms with Gasteiger partial charge < -0.3 is 15.7 Å². The normalized spacial score (nSPS) is 11.1. The number of aryl methyl sites for hydroxylation is 1. The van der Waals surface area contributed by atoms with Crippen LogP contribution in [-0.2, 0) is 9.59 Å². The van der Waals surface area contributed by atoms with Crippen LogP contribution in [0.25, 0.3) is 0 Å². The van der Waals surface area contributed by atoms with E-state index in [1.54, 1.807) is 18.2 Å². The lowest BCUT2D eigenvalue weighted by Crippen LogP contribution is -2.36. The van der Waals surface area contributed by atoms with E-state index < -0.39 is 11.8 Å². The summed E-state index contributed by atoms with van der Waals surface area (Å²) >= 11 is 5.87. The third-order valence-electron chi connectivity index (χ3n) is 3.40. The van der Waals surface area contributed by atoms with Crippen molar-refractivity contribution in [2.45, 2.75) is 33.6 Å². The molecular weight excluding hydrogens is 304 g/mol. The van der Waals surface area contributed by atoms with Gasteiger partial charge in [0.25, 0.3) is 0 Å². The largest absolute Gasteiger partial charge is 0.396 e. The van der Waals surface area contributed by atoms with E-state index >= 15 is 0 Å². The minimum Gasteiger partial charge on any atom is -0.396 e. The van der Waals surface area contributed by atoms with Crippen molar-refractivity contribution in [2.75, 3.05) is 18.5 Å². The lowest BCUT2D eigenvalue weighted by Gasteiger charge is -2.21. The van der Waals surface area contributed by atoms with Crippen molar-refractivity contribution in [3.8, 4) is 0 Å². The molecule has 5 nitrogen and oxygen atoms in total. The molecule has 22 heavy (non-hydrogen) atoms. The van der Waals surface area contributed by atoms with Gasteiger partial charge in [-0.1, -0.05) is 31.5 Å². The Morgan fingerprint density at radius 2 is 1.95 bits per heavy atom. The molecule has 0 unspecified atom stereocenters. The zero-order valence-electron chi connectivity index (χ0n) is 13.2. The van der Waals surface area contributed by atoms with E-state index in [0.717, 1.165) is 12.0 Å². The number of aliphatic hydroxyl groups is 1. The Hall–Kier alpha value is -1.59. The molecule has 0 heterocycles. The first-order valence-corrected chi connectivity index (χ1v) is 7.59. The van der Waals surface area contributed by atoms with E-state index in [9.17, 15) is 9.59 Å². The highest BCUT2D eigenvalue weighted by Crippen LogP contribution is 2.21. The summed E-state index contributed by atoms with van der Waals surface area (Å²) in [6, 6.07) is 5.09. The minimum atomic E-state index is -0.716. The van der Waals surface area contributed by atoms with Crippen LogP contribution in [0.15, 0.2) is 18.2 Å². The number of halogens is 1. The molecule has 0 saturated heterocycles. The molecule has 0 bridgehead atoms. The van der Waals surface area contributed by atoms with Crippen molar-refractivity contribution in [2.24, 2.45) is 5.41 Å². The molecule has 0 aromatic heterocycles. The maximum absolute atomic E-state index is 11.8. The van der Waals surface area contributed by atoms with Gasteiger partial charge in [0.15, 0.2) is 0 Å². The summed E-state index contributed by atoms with van der Waals surface area (Å²) in [5, 5.41) is 14.7. The van der Waals surface area contributed by atoms with Gasteiger partial charge in [-0.15, -0.1) is 0 Å². The van der Waals surface area contributed by atoms with Crippen molar-refractivity contribution in [3.63, 3.8) is 0 Å². The quantitative estimate of drug-likeness (QED) is 0.555. The molecular formula is C16H23ClN2O3. The Balaban J connectivity index is 2.43. The summed E-state index contributed by atoms with van der Waals surface area (Å²) < 4.78 is 0. The lowest BCUT2D eigenvalue weighted by molar-refractivity contribution is -0.136. The lowest BCUT2D eigenvalue weighted by atomic mass is 9.89. The average Bonchev–Trinajstić information content (AvgIpc) is 2.47. The van der Waals surface area contributed by atoms with Crippen molar-refractivity contribution < 1.29 is 14.7 Å². The molecule has 0 aliphatic rings. The fourth-order valence-corrected chi connectivity index (χ4v) is 2.01. The molecule has 0 fully saturated rings. The van der Waals surface area contributed by atoms with Crippen LogP contribution < -0.4 is 10.6 Å². The number of carbonyl (C=O) groups excluding carboxylic acids is 2. The van der Waals surface area contributed by atoms with Gasteiger partial charge in [-0.05, 0) is 42.9 Å². The number of amides is 2. The van der Waals surface area contributed by atoms with E-state index in [4.69, 9.17) is 16.7 Å². The number of hydrogen-bond acceptors (Lipinski definition) is 3. The first-order chi connectivity index (χ1) is 10.2. The number of carbonyl (C=O) groups is 2. The summed E-state index contributed by atoms with van der Waals surface area (Å²) in [7, 11) is 0. The van der Waals surface area contributed by atoms with E-state index in [1.807, 2.05) is 20.8 Å². The van der Waals surface area contributed by atoms with E-state index in [2.05, 4.69) is 10.6 Å². The molecule has 3 N–H and O–H groups in total. The smallest absolute Gasteiger partial charge is 0.313 e. The Kier molecular flexibility index (Phi) is 6.84. The molecule has 0 atom stereocenters. The van der Waals surface area contributed by atoms with Gasteiger partial charge >= 0.3 is 11.8 Å². The molecule has 0 aliphatic heterocycles. The van der Waals surface area contributed by atoms with Crippen LogP contribution in [0.5, 0.6) is 0 Å². The molecule has 6 heteroatoms. The molecule has 1 aromatic rings. The second kappa shape index (κ2) is 8.15. The fourth-order valence-electron chi connectivity index (χ4n) is 1.84. The molecule has 1 aromatic carbocycles. The van der Waals surface area contributed by atoms with Gasteiger partial charge in [0, 0.05) is 23.9 Å². The van der Waals surface area contributed by atoms with Crippen molar-refractivity contribution in [1.29, 1.82) is 0 Å². The third-order valence-corrected chi connectivity index (χ3v) is 3.63. The monoisotopic (exact) mass is 326 g/mol. The molecule has 0 aliphatic carbocycles. The van der Waals surface area contributed by atoms with E-state index in [-0.39, 0.29) is 12.0 Å². The zero-order valence-corrected chi connectivity index (χ0v) is 14.0. The van der Waals surface area contributed by atoms with Crippen LogP contribution in [-0.4, -0.2) is 30.1 Å². The Bertz CT molecular complexity index is 544. The first kappa shape index (κ1) is 18.5. The van der Waals surface area contributed by atoms with Crippen molar-refractivity contribution in [3.05, 3.63) is 28.8 Å². The maximum atomic E-state index is 11.8. The SMILES string of the molecule is Cc1ccc(Cl)cc1NC(=O)C(=O)NCCCC(C)(C)CO. The fraction of sp³-hybridized carbons (Fsp3) is 0.500. The van der Waals surface area contributed by atoms with Crippen molar-refractivity contribution >= 4 is 29.1 Å². The molecule has 0 radical (unpaired) electrons. The number of benzene rings is 1. The summed E-state index contributed by atoms with van der Waals surface area (Å²) in [6.07, 6.45) is 1.46. The summed E-state index contributed by atoms with van der Waals surface area (Å²) in [5.74, 6) is -1.40. The maximum Gasteiger partial charge on any atom is 0.313 e. The Morgan fingerprint density at radius 1 is 1.27 bits per heavy atom. The number of anilines is 1. The predicted molar refractivity (Wildman–Crippen MR) is 87.9 cm³/mol.